The zero-order valence-corrected chi connectivity index (χ0v) is 12.8. The smallest absolute Gasteiger partial charge is 0.359 e. The van der Waals surface area contributed by atoms with Crippen molar-refractivity contribution >= 4 is 52.7 Å². The molecule has 2 rings (SSSR count). The van der Waals surface area contributed by atoms with Crippen LogP contribution in [0.4, 0.5) is 5.69 Å². The van der Waals surface area contributed by atoms with Crippen molar-refractivity contribution < 1.29 is 19.3 Å². The molecule has 1 aromatic rings. The normalized spacial score (nSPS) is 21.9. The van der Waals surface area contributed by atoms with Gasteiger partial charge in [0, 0.05) is 12.2 Å². The fraction of sp³-hybridized carbons (Fsp3) is 0. The van der Waals surface area contributed by atoms with Crippen LogP contribution >= 0.6 is 23.2 Å². The summed E-state index contributed by atoms with van der Waals surface area (Å²) in [7, 11) is 0. The Kier molecular flexibility index (Phi) is 5.04. The summed E-state index contributed by atoms with van der Waals surface area (Å²) in [5, 5.41) is 4.27. The standard InChI is InChI=1S/C12H9Cl2N5O4/c13-6-2-1-3-7(10(6)14)19-12(16)17-11(15)18-22-8(20)4-5-9(21)23-19/h1-5H,(H4,15,16,17,18)/b5-4+. The van der Waals surface area contributed by atoms with Gasteiger partial charge in [-0.25, -0.2) is 9.59 Å². The van der Waals surface area contributed by atoms with Crippen LogP contribution in [0.3, 0.4) is 0 Å². The average Bonchev–Trinajstić information content (AvgIpc) is 2.52. The number of guanidine groups is 2. The zero-order chi connectivity index (χ0) is 17.0. The first-order chi connectivity index (χ1) is 10.9. The Labute approximate surface area is 139 Å². The van der Waals surface area contributed by atoms with Crippen LogP contribution in [0.25, 0.3) is 0 Å². The summed E-state index contributed by atoms with van der Waals surface area (Å²) in [4.78, 5) is 36.0. The van der Waals surface area contributed by atoms with Crippen LogP contribution in [-0.4, -0.2) is 23.9 Å². The van der Waals surface area contributed by atoms with Crippen LogP contribution in [0, 0.1) is 0 Å². The molecule has 0 amide bonds. The number of hydroxylamine groups is 1. The van der Waals surface area contributed by atoms with E-state index in [1.165, 1.54) is 12.1 Å². The summed E-state index contributed by atoms with van der Waals surface area (Å²) in [5.41, 5.74) is 11.3. The zero-order valence-electron chi connectivity index (χ0n) is 11.3. The quantitative estimate of drug-likeness (QED) is 0.713. The van der Waals surface area contributed by atoms with Crippen molar-refractivity contribution in [2.75, 3.05) is 5.06 Å². The lowest BCUT2D eigenvalue weighted by molar-refractivity contribution is -0.140. The van der Waals surface area contributed by atoms with Gasteiger partial charge in [0.1, 0.15) is 5.69 Å². The molecule has 23 heavy (non-hydrogen) atoms. The Balaban J connectivity index is 2.51. The van der Waals surface area contributed by atoms with Crippen LogP contribution in [0.1, 0.15) is 0 Å². The van der Waals surface area contributed by atoms with Gasteiger partial charge in [0.2, 0.25) is 5.96 Å². The van der Waals surface area contributed by atoms with E-state index in [1.807, 2.05) is 0 Å². The molecule has 0 radical (unpaired) electrons. The molecule has 0 saturated heterocycles. The molecule has 4 N–H and O–H groups in total. The number of rotatable bonds is 1. The molecule has 0 aromatic heterocycles. The highest BCUT2D eigenvalue weighted by Crippen LogP contribution is 2.32. The van der Waals surface area contributed by atoms with E-state index < -0.39 is 23.9 Å². The molecular weight excluding hydrogens is 349 g/mol. The molecule has 0 fully saturated rings. The van der Waals surface area contributed by atoms with E-state index >= 15 is 0 Å². The molecular formula is C12H9Cl2N5O4. The first-order valence-electron chi connectivity index (χ1n) is 5.91. The van der Waals surface area contributed by atoms with Gasteiger partial charge in [-0.2, -0.15) is 4.99 Å². The van der Waals surface area contributed by atoms with Crippen molar-refractivity contribution in [3.8, 4) is 0 Å². The fourth-order valence-electron chi connectivity index (χ4n) is 1.43. The minimum absolute atomic E-state index is 0.0572. The summed E-state index contributed by atoms with van der Waals surface area (Å²) >= 11 is 12.0. The van der Waals surface area contributed by atoms with Crippen LogP contribution < -0.4 is 16.5 Å². The lowest BCUT2D eigenvalue weighted by atomic mass is 10.3. The minimum Gasteiger partial charge on any atom is -0.367 e. The summed E-state index contributed by atoms with van der Waals surface area (Å²) in [5.74, 6) is -2.77. The van der Waals surface area contributed by atoms with E-state index in [1.54, 1.807) is 6.07 Å². The topological polar surface area (TPSA) is 133 Å². The van der Waals surface area contributed by atoms with Crippen molar-refractivity contribution in [2.24, 2.45) is 21.6 Å². The van der Waals surface area contributed by atoms with Gasteiger partial charge in [-0.05, 0) is 17.3 Å². The van der Waals surface area contributed by atoms with Crippen molar-refractivity contribution in [2.45, 2.75) is 0 Å². The highest BCUT2D eigenvalue weighted by atomic mass is 35.5. The molecule has 0 unspecified atom stereocenters. The van der Waals surface area contributed by atoms with Crippen LogP contribution in [0.5, 0.6) is 0 Å². The maximum Gasteiger partial charge on any atom is 0.359 e. The summed E-state index contributed by atoms with van der Waals surface area (Å²) in [6.07, 6.45) is 1.59. The number of oxime groups is 1. The van der Waals surface area contributed by atoms with Crippen LogP contribution in [0.15, 0.2) is 40.5 Å². The number of halogens is 2. The SMILES string of the molecule is NC1=N\OC(=O)/C=C/C(=O)ON(c2cccc(Cl)c2Cl)\C(N)=N\1. The Morgan fingerprint density at radius 2 is 1.78 bits per heavy atom. The number of hydrogen-bond acceptors (Lipinski definition) is 9. The number of hydrogen-bond donors (Lipinski definition) is 2. The Morgan fingerprint density at radius 3 is 2.52 bits per heavy atom. The summed E-state index contributed by atoms with van der Waals surface area (Å²) < 4.78 is 0. The number of nitrogens with zero attached hydrogens (tertiary/aromatic N) is 3. The van der Waals surface area contributed by atoms with Crippen LogP contribution in [0.2, 0.25) is 10.0 Å². The monoisotopic (exact) mass is 357 g/mol. The fourth-order valence-corrected chi connectivity index (χ4v) is 1.80. The van der Waals surface area contributed by atoms with E-state index in [0.717, 1.165) is 17.2 Å². The predicted octanol–water partition coefficient (Wildman–Crippen LogP) is 0.915. The lowest BCUT2D eigenvalue weighted by Crippen LogP contribution is -2.40. The first kappa shape index (κ1) is 16.6. The molecule has 1 aromatic carbocycles. The van der Waals surface area contributed by atoms with E-state index in [-0.39, 0.29) is 15.7 Å². The maximum atomic E-state index is 11.8. The van der Waals surface area contributed by atoms with E-state index in [0.29, 0.717) is 0 Å². The average molecular weight is 358 g/mol. The molecule has 0 spiro atoms. The first-order valence-corrected chi connectivity index (χ1v) is 6.67. The lowest BCUT2D eigenvalue weighted by Gasteiger charge is -2.22. The third-order valence-corrected chi connectivity index (χ3v) is 3.16. The Hall–Kier alpha value is -2.78. The van der Waals surface area contributed by atoms with Gasteiger partial charge >= 0.3 is 11.9 Å². The molecule has 1 aliphatic rings. The van der Waals surface area contributed by atoms with E-state index in [2.05, 4.69) is 15.0 Å². The minimum atomic E-state index is -0.951. The second kappa shape index (κ2) is 6.99. The van der Waals surface area contributed by atoms with Gasteiger partial charge in [-0.15, -0.1) is 5.06 Å². The van der Waals surface area contributed by atoms with Crippen LogP contribution in [-0.2, 0) is 19.3 Å². The Bertz CT molecular complexity index is 747. The number of aliphatic imine (C=N–C) groups is 1. The molecule has 1 aliphatic heterocycles. The van der Waals surface area contributed by atoms with Crippen molar-refractivity contribution in [1.82, 2.24) is 0 Å². The third kappa shape index (κ3) is 4.11. The van der Waals surface area contributed by atoms with Crippen molar-refractivity contribution in [3.63, 3.8) is 0 Å². The molecule has 9 nitrogen and oxygen atoms in total. The van der Waals surface area contributed by atoms with Gasteiger partial charge in [-0.1, -0.05) is 29.3 Å². The van der Waals surface area contributed by atoms with E-state index in [9.17, 15) is 9.59 Å². The van der Waals surface area contributed by atoms with Crippen molar-refractivity contribution in [3.05, 3.63) is 40.4 Å². The summed E-state index contributed by atoms with van der Waals surface area (Å²) in [6, 6.07) is 4.55. The second-order valence-corrected chi connectivity index (χ2v) is 4.73. The predicted molar refractivity (Wildman–Crippen MR) is 83.5 cm³/mol. The van der Waals surface area contributed by atoms with Gasteiger partial charge in [0.15, 0.2) is 0 Å². The number of nitrogens with two attached hydrogens (primary N) is 2. The molecule has 0 bridgehead atoms. The Morgan fingerprint density at radius 1 is 1.09 bits per heavy atom. The number of anilines is 1. The molecule has 120 valence electrons. The number of carbonyl (C=O) groups excluding carboxylic acids is 2. The van der Waals surface area contributed by atoms with Gasteiger partial charge in [-0.3, -0.25) is 0 Å². The largest absolute Gasteiger partial charge is 0.367 e. The number of benzene rings is 1. The maximum absolute atomic E-state index is 11.8. The van der Waals surface area contributed by atoms with Crippen molar-refractivity contribution in [1.29, 1.82) is 0 Å². The molecule has 0 atom stereocenters. The third-order valence-electron chi connectivity index (χ3n) is 2.35. The van der Waals surface area contributed by atoms with Gasteiger partial charge < -0.3 is 21.1 Å². The van der Waals surface area contributed by atoms with Gasteiger partial charge in [0.05, 0.1) is 10.0 Å². The molecule has 0 aliphatic carbocycles. The molecule has 1 heterocycles. The highest BCUT2D eigenvalue weighted by molar-refractivity contribution is 6.44. The summed E-state index contributed by atoms with van der Waals surface area (Å²) in [6.45, 7) is 0. The second-order valence-electron chi connectivity index (χ2n) is 3.94. The number of carbonyl (C=O) groups is 2. The van der Waals surface area contributed by atoms with E-state index in [4.69, 9.17) is 39.5 Å². The molecule has 11 heteroatoms. The van der Waals surface area contributed by atoms with Gasteiger partial charge in [0.25, 0.3) is 5.96 Å². The highest BCUT2D eigenvalue weighted by Gasteiger charge is 2.21. The molecule has 0 saturated carbocycles.